The van der Waals surface area contributed by atoms with Gasteiger partial charge in [-0.15, -0.1) is 0 Å². The highest BCUT2D eigenvalue weighted by Gasteiger charge is 2.05. The summed E-state index contributed by atoms with van der Waals surface area (Å²) in [6, 6.07) is 10.00. The van der Waals surface area contributed by atoms with E-state index >= 15 is 0 Å². The number of unbranched alkanes of at least 4 members (excludes halogenated alkanes) is 2. The van der Waals surface area contributed by atoms with Gasteiger partial charge in [-0.3, -0.25) is 0 Å². The van der Waals surface area contributed by atoms with Crippen LogP contribution < -0.4 is 0 Å². The Bertz CT molecular complexity index is 274. The first kappa shape index (κ1) is 14.2. The quantitative estimate of drug-likeness (QED) is 0.574. The standard InChI is InChI=1S/C15H23FO/c1-2-3-5-10-15(16)11-12-17-13-14-8-6-4-7-9-14/h4,6-9,15H,2-3,5,10-13H2,1H3/i16-1. The number of alkyl halides is 1. The van der Waals surface area contributed by atoms with E-state index in [2.05, 4.69) is 6.92 Å². The SMILES string of the molecule is CCCCCC([18F])CCOCc1ccccc1. The van der Waals surface area contributed by atoms with Gasteiger partial charge in [0, 0.05) is 13.0 Å². The number of rotatable bonds is 9. The van der Waals surface area contributed by atoms with Gasteiger partial charge in [0.05, 0.1) is 6.61 Å². The van der Waals surface area contributed by atoms with Gasteiger partial charge in [0.2, 0.25) is 0 Å². The predicted molar refractivity (Wildman–Crippen MR) is 69.8 cm³/mol. The van der Waals surface area contributed by atoms with Gasteiger partial charge >= 0.3 is 0 Å². The van der Waals surface area contributed by atoms with E-state index in [4.69, 9.17) is 4.74 Å². The van der Waals surface area contributed by atoms with Crippen molar-refractivity contribution < 1.29 is 9.13 Å². The molecule has 1 rings (SSSR count). The van der Waals surface area contributed by atoms with Gasteiger partial charge in [0.25, 0.3) is 0 Å². The Morgan fingerprint density at radius 1 is 1.12 bits per heavy atom. The molecule has 1 atom stereocenters. The van der Waals surface area contributed by atoms with Gasteiger partial charge in [-0.05, 0) is 12.0 Å². The lowest BCUT2D eigenvalue weighted by molar-refractivity contribution is 0.0974. The van der Waals surface area contributed by atoms with Gasteiger partial charge in [-0.2, -0.15) is 0 Å². The molecule has 0 fully saturated rings. The number of ether oxygens (including phenoxy) is 1. The molecular formula is C15H23FO. The maximum atomic E-state index is 13.4. The molecule has 0 bridgehead atoms. The molecule has 17 heavy (non-hydrogen) atoms. The van der Waals surface area contributed by atoms with Crippen molar-refractivity contribution in [2.45, 2.75) is 51.8 Å². The summed E-state index contributed by atoms with van der Waals surface area (Å²) in [7, 11) is 0. The highest BCUT2D eigenvalue weighted by molar-refractivity contribution is 5.13. The van der Waals surface area contributed by atoms with Crippen LogP contribution in [0.3, 0.4) is 0 Å². The summed E-state index contributed by atoms with van der Waals surface area (Å²) in [4.78, 5) is 0. The summed E-state index contributed by atoms with van der Waals surface area (Å²) in [6.07, 6.45) is 3.79. The van der Waals surface area contributed by atoms with Crippen molar-refractivity contribution >= 4 is 0 Å². The average Bonchev–Trinajstić information content (AvgIpc) is 2.36. The molecular weight excluding hydrogens is 214 g/mol. The Labute approximate surface area is 104 Å². The molecule has 0 radical (unpaired) electrons. The maximum absolute atomic E-state index is 13.4. The van der Waals surface area contributed by atoms with Crippen LogP contribution in [0.15, 0.2) is 30.3 Å². The zero-order valence-corrected chi connectivity index (χ0v) is 10.7. The van der Waals surface area contributed by atoms with Crippen LogP contribution in [0, 0.1) is 0 Å². The molecule has 0 N–H and O–H groups in total. The molecule has 1 nitrogen and oxygen atoms in total. The second kappa shape index (κ2) is 9.17. The fraction of sp³-hybridized carbons (Fsp3) is 0.600. The third kappa shape index (κ3) is 7.11. The molecule has 0 spiro atoms. The summed E-state index contributed by atoms with van der Waals surface area (Å²) in [5.41, 5.74) is 1.15. The van der Waals surface area contributed by atoms with Gasteiger partial charge in [0.1, 0.15) is 6.17 Å². The topological polar surface area (TPSA) is 9.23 Å². The van der Waals surface area contributed by atoms with Crippen molar-refractivity contribution in [3.63, 3.8) is 0 Å². The van der Waals surface area contributed by atoms with Crippen molar-refractivity contribution in [3.05, 3.63) is 35.9 Å². The number of hydrogen-bond acceptors (Lipinski definition) is 1. The summed E-state index contributed by atoms with van der Waals surface area (Å²) >= 11 is 0. The second-order valence-electron chi connectivity index (χ2n) is 4.42. The maximum Gasteiger partial charge on any atom is 0.102 e. The van der Waals surface area contributed by atoms with Crippen molar-refractivity contribution in [3.8, 4) is 0 Å². The first-order valence-electron chi connectivity index (χ1n) is 6.58. The van der Waals surface area contributed by atoms with Crippen molar-refractivity contribution in [1.29, 1.82) is 0 Å². The minimum absolute atomic E-state index is 0.516. The fourth-order valence-electron chi connectivity index (χ4n) is 1.74. The summed E-state index contributed by atoms with van der Waals surface area (Å²) in [5, 5.41) is 0. The van der Waals surface area contributed by atoms with Gasteiger partial charge in [-0.1, -0.05) is 56.5 Å². The molecule has 1 aromatic carbocycles. The van der Waals surface area contributed by atoms with Crippen LogP contribution >= 0.6 is 0 Å². The largest absolute Gasteiger partial charge is 0.377 e. The third-order valence-corrected chi connectivity index (χ3v) is 2.81. The van der Waals surface area contributed by atoms with E-state index in [-0.39, 0.29) is 0 Å². The van der Waals surface area contributed by atoms with Crippen LogP contribution in [0.5, 0.6) is 0 Å². The molecule has 0 saturated carbocycles. The minimum atomic E-state index is -0.697. The summed E-state index contributed by atoms with van der Waals surface area (Å²) in [5.74, 6) is 0. The molecule has 0 aliphatic rings. The molecule has 2 heteroatoms. The van der Waals surface area contributed by atoms with E-state index in [1.54, 1.807) is 0 Å². The zero-order valence-electron chi connectivity index (χ0n) is 10.7. The Kier molecular flexibility index (Phi) is 7.65. The molecule has 0 saturated heterocycles. The Balaban J connectivity index is 2.00. The Morgan fingerprint density at radius 3 is 2.59 bits per heavy atom. The lowest BCUT2D eigenvalue weighted by Gasteiger charge is -2.08. The predicted octanol–water partition coefficient (Wildman–Crippen LogP) is 4.51. The fourth-order valence-corrected chi connectivity index (χ4v) is 1.74. The molecule has 1 unspecified atom stereocenters. The van der Waals surface area contributed by atoms with Crippen LogP contribution in [0.25, 0.3) is 0 Å². The highest BCUT2D eigenvalue weighted by atomic mass is 18.2. The van der Waals surface area contributed by atoms with E-state index in [0.29, 0.717) is 26.1 Å². The van der Waals surface area contributed by atoms with E-state index in [9.17, 15) is 4.39 Å². The smallest absolute Gasteiger partial charge is 0.102 e. The zero-order chi connectivity index (χ0) is 12.3. The minimum Gasteiger partial charge on any atom is -0.377 e. The second-order valence-corrected chi connectivity index (χ2v) is 4.42. The number of hydrogen-bond donors (Lipinski definition) is 0. The van der Waals surface area contributed by atoms with Crippen molar-refractivity contribution in [2.75, 3.05) is 6.61 Å². The van der Waals surface area contributed by atoms with Gasteiger partial charge < -0.3 is 4.74 Å². The molecule has 0 aromatic heterocycles. The third-order valence-electron chi connectivity index (χ3n) is 2.81. The van der Waals surface area contributed by atoms with Crippen molar-refractivity contribution in [2.24, 2.45) is 0 Å². The Morgan fingerprint density at radius 2 is 1.88 bits per heavy atom. The molecule has 0 aliphatic carbocycles. The summed E-state index contributed by atoms with van der Waals surface area (Å²) in [6.45, 7) is 3.24. The number of benzene rings is 1. The molecule has 1 aromatic rings. The average molecular weight is 237 g/mol. The van der Waals surface area contributed by atoms with Crippen LogP contribution in [0.4, 0.5) is 4.39 Å². The monoisotopic (exact) mass is 237 g/mol. The van der Waals surface area contributed by atoms with Crippen LogP contribution in [-0.2, 0) is 11.3 Å². The summed E-state index contributed by atoms with van der Waals surface area (Å²) < 4.78 is 18.8. The van der Waals surface area contributed by atoms with Gasteiger partial charge in [0.15, 0.2) is 0 Å². The number of halogens is 1. The lowest BCUT2D eigenvalue weighted by atomic mass is 10.1. The van der Waals surface area contributed by atoms with Crippen LogP contribution in [0.2, 0.25) is 0 Å². The lowest BCUT2D eigenvalue weighted by Crippen LogP contribution is -2.05. The Hall–Kier alpha value is -0.890. The first-order chi connectivity index (χ1) is 8.33. The normalized spacial score (nSPS) is 12.6. The van der Waals surface area contributed by atoms with Crippen LogP contribution in [0.1, 0.15) is 44.6 Å². The molecule has 0 amide bonds. The highest BCUT2D eigenvalue weighted by Crippen LogP contribution is 2.10. The van der Waals surface area contributed by atoms with E-state index in [0.717, 1.165) is 24.8 Å². The van der Waals surface area contributed by atoms with Gasteiger partial charge in [-0.25, -0.2) is 4.39 Å². The van der Waals surface area contributed by atoms with E-state index in [1.807, 2.05) is 30.3 Å². The van der Waals surface area contributed by atoms with E-state index in [1.165, 1.54) is 0 Å². The molecule has 0 aliphatic heterocycles. The van der Waals surface area contributed by atoms with Crippen molar-refractivity contribution in [1.82, 2.24) is 0 Å². The van der Waals surface area contributed by atoms with Crippen LogP contribution in [-0.4, -0.2) is 12.8 Å². The molecule has 96 valence electrons. The first-order valence-corrected chi connectivity index (χ1v) is 6.58. The van der Waals surface area contributed by atoms with E-state index < -0.39 is 6.17 Å². The molecule has 0 heterocycles.